The van der Waals surface area contributed by atoms with Crippen LogP contribution in [-0.2, 0) is 4.79 Å². The summed E-state index contributed by atoms with van der Waals surface area (Å²) in [6.45, 7) is 5.26. The molecule has 23 heavy (non-hydrogen) atoms. The van der Waals surface area contributed by atoms with Crippen LogP contribution in [0.2, 0.25) is 5.02 Å². The predicted molar refractivity (Wildman–Crippen MR) is 91.9 cm³/mol. The van der Waals surface area contributed by atoms with Gasteiger partial charge in [-0.1, -0.05) is 32.4 Å². The third-order valence-corrected chi connectivity index (χ3v) is 3.95. The van der Waals surface area contributed by atoms with Gasteiger partial charge in [0.05, 0.1) is 0 Å². The van der Waals surface area contributed by atoms with Crippen LogP contribution in [0.4, 0.5) is 0 Å². The van der Waals surface area contributed by atoms with Crippen LogP contribution in [0, 0.1) is 5.41 Å². The van der Waals surface area contributed by atoms with Gasteiger partial charge in [0.25, 0.3) is 5.91 Å². The van der Waals surface area contributed by atoms with Gasteiger partial charge in [0.15, 0.2) is 0 Å². The average Bonchev–Trinajstić information content (AvgIpc) is 2.50. The minimum atomic E-state index is -0.639. The van der Waals surface area contributed by atoms with Gasteiger partial charge < -0.3 is 4.74 Å². The first-order valence-electron chi connectivity index (χ1n) is 7.00. The van der Waals surface area contributed by atoms with E-state index in [1.165, 1.54) is 0 Å². The molecule has 0 saturated carbocycles. The van der Waals surface area contributed by atoms with E-state index in [1.54, 1.807) is 69.3 Å². The van der Waals surface area contributed by atoms with E-state index >= 15 is 0 Å². The van der Waals surface area contributed by atoms with Crippen molar-refractivity contribution >= 4 is 29.5 Å². The number of nitrogens with zero attached hydrogens (tertiary/aromatic N) is 1. The Labute approximate surface area is 145 Å². The number of hydroxylamine groups is 1. The summed E-state index contributed by atoms with van der Waals surface area (Å²) in [5, 5.41) is 10.5. The predicted octanol–water partition coefficient (Wildman–Crippen LogP) is 5.40. The van der Waals surface area contributed by atoms with E-state index < -0.39 is 5.41 Å². The maximum atomic E-state index is 11.9. The van der Waals surface area contributed by atoms with Crippen LogP contribution in [0.25, 0.3) is 0 Å². The molecule has 0 unspecified atom stereocenters. The van der Waals surface area contributed by atoms with Crippen molar-refractivity contribution in [2.24, 2.45) is 5.41 Å². The molecule has 0 aliphatic heterocycles. The maximum Gasteiger partial charge on any atom is 0.262 e. The molecule has 2 rings (SSSR count). The van der Waals surface area contributed by atoms with Gasteiger partial charge in [0, 0.05) is 27.3 Å². The van der Waals surface area contributed by atoms with Gasteiger partial charge in [0.2, 0.25) is 0 Å². The molecular formula is C17H18ClNO3S. The monoisotopic (exact) mass is 351 g/mol. The molecule has 1 amide bonds. The Bertz CT molecular complexity index is 666. The number of benzene rings is 2. The van der Waals surface area contributed by atoms with Gasteiger partial charge in [0.1, 0.15) is 11.5 Å². The Morgan fingerprint density at radius 2 is 1.52 bits per heavy atom. The lowest BCUT2D eigenvalue weighted by molar-refractivity contribution is -0.153. The van der Waals surface area contributed by atoms with Crippen molar-refractivity contribution in [2.75, 3.05) is 0 Å². The summed E-state index contributed by atoms with van der Waals surface area (Å²) in [5.74, 6) is 0.980. The Hall–Kier alpha value is -1.69. The first-order chi connectivity index (χ1) is 10.8. The zero-order valence-corrected chi connectivity index (χ0v) is 14.7. The van der Waals surface area contributed by atoms with E-state index in [0.717, 1.165) is 16.8 Å². The molecule has 0 aliphatic carbocycles. The first-order valence-corrected chi connectivity index (χ1v) is 8.16. The molecule has 0 fully saturated rings. The van der Waals surface area contributed by atoms with E-state index in [0.29, 0.717) is 21.0 Å². The standard InChI is InChI=1S/C17H18ClNO3S/c1-17(2,3)16(20)19(21)23-15-10-8-14(9-11-15)22-13-6-4-12(18)5-7-13/h4-11,21H,1-3H3. The number of carbonyl (C=O) groups excluding carboxylic acids is 1. The highest BCUT2D eigenvalue weighted by molar-refractivity contribution is 7.97. The lowest BCUT2D eigenvalue weighted by Gasteiger charge is -2.22. The second-order valence-electron chi connectivity index (χ2n) is 5.95. The van der Waals surface area contributed by atoms with E-state index in [9.17, 15) is 10.0 Å². The topological polar surface area (TPSA) is 49.8 Å². The van der Waals surface area contributed by atoms with Crippen LogP contribution in [0.1, 0.15) is 20.8 Å². The minimum Gasteiger partial charge on any atom is -0.457 e. The van der Waals surface area contributed by atoms with Crippen molar-refractivity contribution in [3.05, 3.63) is 53.6 Å². The van der Waals surface area contributed by atoms with Crippen LogP contribution in [0.5, 0.6) is 11.5 Å². The molecule has 1 N–H and O–H groups in total. The molecule has 0 spiro atoms. The second-order valence-corrected chi connectivity index (χ2v) is 7.38. The second kappa shape index (κ2) is 7.25. The van der Waals surface area contributed by atoms with E-state index in [4.69, 9.17) is 16.3 Å². The Morgan fingerprint density at radius 3 is 2.00 bits per heavy atom. The normalized spacial score (nSPS) is 11.2. The van der Waals surface area contributed by atoms with Gasteiger partial charge in [-0.2, -0.15) is 4.47 Å². The molecule has 0 aliphatic rings. The fourth-order valence-corrected chi connectivity index (χ4v) is 2.58. The summed E-state index contributed by atoms with van der Waals surface area (Å²) in [5.41, 5.74) is -0.639. The number of hydrogen-bond acceptors (Lipinski definition) is 4. The average molecular weight is 352 g/mol. The SMILES string of the molecule is CC(C)(C)C(=O)N(O)Sc1ccc(Oc2ccc(Cl)cc2)cc1. The lowest BCUT2D eigenvalue weighted by atomic mass is 9.96. The van der Waals surface area contributed by atoms with Crippen molar-refractivity contribution in [3.8, 4) is 11.5 Å². The van der Waals surface area contributed by atoms with Gasteiger partial charge >= 0.3 is 0 Å². The fourth-order valence-electron chi connectivity index (χ4n) is 1.64. The molecular weight excluding hydrogens is 334 g/mol. The van der Waals surface area contributed by atoms with E-state index in [-0.39, 0.29) is 5.91 Å². The molecule has 4 nitrogen and oxygen atoms in total. The molecule has 2 aromatic rings. The lowest BCUT2D eigenvalue weighted by Crippen LogP contribution is -2.32. The molecule has 0 radical (unpaired) electrons. The van der Waals surface area contributed by atoms with Gasteiger partial charge in [-0.15, -0.1) is 0 Å². The van der Waals surface area contributed by atoms with Crippen molar-refractivity contribution in [1.82, 2.24) is 4.47 Å². The number of carbonyl (C=O) groups is 1. The van der Waals surface area contributed by atoms with Gasteiger partial charge in [-0.05, 0) is 48.5 Å². The summed E-state index contributed by atoms with van der Waals surface area (Å²) >= 11 is 6.79. The van der Waals surface area contributed by atoms with E-state index in [1.807, 2.05) is 0 Å². The summed E-state index contributed by atoms with van der Waals surface area (Å²) in [6.07, 6.45) is 0. The molecule has 0 bridgehead atoms. The molecule has 6 heteroatoms. The number of ether oxygens (including phenoxy) is 1. The van der Waals surface area contributed by atoms with Gasteiger partial charge in [-0.3, -0.25) is 10.0 Å². The van der Waals surface area contributed by atoms with Crippen LogP contribution in [-0.4, -0.2) is 15.6 Å². The molecule has 0 aromatic heterocycles. The third-order valence-electron chi connectivity index (χ3n) is 2.88. The number of hydrogen-bond donors (Lipinski definition) is 1. The molecule has 2 aromatic carbocycles. The zero-order valence-electron chi connectivity index (χ0n) is 13.1. The van der Waals surface area contributed by atoms with Crippen LogP contribution >= 0.6 is 23.5 Å². The van der Waals surface area contributed by atoms with Crippen LogP contribution in [0.3, 0.4) is 0 Å². The first kappa shape index (κ1) is 17.7. The Balaban J connectivity index is 1.99. The van der Waals surface area contributed by atoms with E-state index in [2.05, 4.69) is 0 Å². The molecule has 0 heterocycles. The van der Waals surface area contributed by atoms with Gasteiger partial charge in [-0.25, -0.2) is 0 Å². The minimum absolute atomic E-state index is 0.357. The molecule has 0 atom stereocenters. The highest BCUT2D eigenvalue weighted by atomic mass is 35.5. The largest absolute Gasteiger partial charge is 0.457 e. The van der Waals surface area contributed by atoms with Crippen molar-refractivity contribution in [2.45, 2.75) is 25.7 Å². The van der Waals surface area contributed by atoms with Crippen molar-refractivity contribution in [1.29, 1.82) is 0 Å². The summed E-state index contributed by atoms with van der Waals surface area (Å²) < 4.78 is 6.35. The molecule has 122 valence electrons. The number of halogens is 1. The zero-order chi connectivity index (χ0) is 17.0. The van der Waals surface area contributed by atoms with Crippen LogP contribution < -0.4 is 4.74 Å². The summed E-state index contributed by atoms with van der Waals surface area (Å²) in [7, 11) is 0. The summed E-state index contributed by atoms with van der Waals surface area (Å²) in [6, 6.07) is 14.2. The Kier molecular flexibility index (Phi) is 5.57. The Morgan fingerprint density at radius 1 is 1.04 bits per heavy atom. The maximum absolute atomic E-state index is 11.9. The third kappa shape index (κ3) is 5.16. The molecule has 0 saturated heterocycles. The van der Waals surface area contributed by atoms with Crippen LogP contribution in [0.15, 0.2) is 53.4 Å². The number of rotatable bonds is 4. The van der Waals surface area contributed by atoms with Crippen molar-refractivity contribution in [3.63, 3.8) is 0 Å². The fraction of sp³-hybridized carbons (Fsp3) is 0.235. The highest BCUT2D eigenvalue weighted by Crippen LogP contribution is 2.29. The number of amides is 1. The summed E-state index contributed by atoms with van der Waals surface area (Å²) in [4.78, 5) is 12.7. The smallest absolute Gasteiger partial charge is 0.262 e. The quantitative estimate of drug-likeness (QED) is 0.455. The highest BCUT2D eigenvalue weighted by Gasteiger charge is 2.27. The van der Waals surface area contributed by atoms with Crippen molar-refractivity contribution < 1.29 is 14.7 Å².